The average molecular weight is 1490 g/mol. The van der Waals surface area contributed by atoms with Gasteiger partial charge in [-0.15, -0.1) is 0 Å². The Bertz CT molecular complexity index is 3460. The lowest BCUT2D eigenvalue weighted by Crippen LogP contribution is -2.54. The van der Waals surface area contributed by atoms with E-state index in [0.717, 1.165) is 12.5 Å². The molecule has 106 heavy (non-hydrogen) atoms. The first-order chi connectivity index (χ1) is 50.0. The number of carbonyl (C=O) groups is 11. The molecule has 2 aliphatic rings. The van der Waals surface area contributed by atoms with Gasteiger partial charge in [-0.05, 0) is 113 Å². The van der Waals surface area contributed by atoms with E-state index < -0.39 is 136 Å². The molecule has 588 valence electrons. The molecule has 2 fully saturated rings. The summed E-state index contributed by atoms with van der Waals surface area (Å²) in [5.41, 5.74) is 6.28. The summed E-state index contributed by atoms with van der Waals surface area (Å²) < 4.78 is 74.1. The van der Waals surface area contributed by atoms with Gasteiger partial charge >= 0.3 is 12.0 Å². The number of hydrogen-bond acceptors (Lipinski definition) is 15. The molecule has 23 nitrogen and oxygen atoms in total. The van der Waals surface area contributed by atoms with Crippen molar-refractivity contribution < 1.29 is 84.5 Å². The number of nitrogens with zero attached hydrogens (tertiary/aromatic N) is 5. The van der Waals surface area contributed by atoms with Gasteiger partial charge in [-0.25, -0.2) is 13.6 Å². The van der Waals surface area contributed by atoms with Gasteiger partial charge in [0.2, 0.25) is 52.8 Å². The Morgan fingerprint density at radius 2 is 1.27 bits per heavy atom. The number of rotatable bonds is 41. The van der Waals surface area contributed by atoms with Gasteiger partial charge in [0, 0.05) is 128 Å². The van der Waals surface area contributed by atoms with E-state index in [2.05, 4.69) is 16.0 Å². The SMILES string of the molecule is CC[C@H](C)[C@@H]([C@@H](CC(=O)N1CCC[C@H]1[C@H](OC)[C@@H](C)C(=O)C[C@@H](Cc1ccccc1)C(=O)N(C)Cc1ccc(NC(=O)[C@H](CCCNC(N)=O)CC(=O)[C@@H](NC(=O)CCC(=O)N2CCC(C(=O)Oc3c(F)c(F)c(C)c(F)c3F)CC2)C(C)C)cc1)OC)N(C)C(=O)[C@@H](CC(=O)[C@H](C(C)C)N(C)C)C(C)C. The Morgan fingerprint density at radius 3 is 1.82 bits per heavy atom. The number of likely N-dealkylation sites (tertiary alicyclic amines) is 2. The van der Waals surface area contributed by atoms with Crippen molar-refractivity contribution in [2.75, 3.05) is 73.9 Å². The number of esters is 1. The number of halogens is 4. The third kappa shape index (κ3) is 24.4. The molecule has 3 aromatic carbocycles. The number of primary amides is 1. The number of benzene rings is 3. The zero-order valence-electron chi connectivity index (χ0n) is 64.8. The number of nitrogens with two attached hydrogens (primary N) is 1. The molecule has 5 rings (SSSR count). The molecule has 5 N–H and O–H groups in total. The number of hydrogen-bond donors (Lipinski definition) is 4. The highest BCUT2D eigenvalue weighted by Gasteiger charge is 2.45. The molecule has 0 aromatic heterocycles. The normalized spacial score (nSPS) is 17.0. The number of Topliss-reactive ketones (excluding diaryl/α,β-unsaturated/α-hetero) is 3. The van der Waals surface area contributed by atoms with Crippen molar-refractivity contribution in [1.29, 1.82) is 0 Å². The van der Waals surface area contributed by atoms with Crippen LogP contribution in [0.1, 0.15) is 162 Å². The minimum atomic E-state index is -1.85. The Labute approximate surface area is 622 Å². The summed E-state index contributed by atoms with van der Waals surface area (Å²) in [6, 6.07) is 12.9. The predicted octanol–water partition coefficient (Wildman–Crippen LogP) is 9.79. The van der Waals surface area contributed by atoms with E-state index in [0.29, 0.717) is 37.1 Å². The van der Waals surface area contributed by atoms with Crippen molar-refractivity contribution in [2.45, 2.75) is 202 Å². The molecule has 0 aliphatic carbocycles. The molecule has 2 heterocycles. The summed E-state index contributed by atoms with van der Waals surface area (Å²) in [7, 11) is 10.2. The van der Waals surface area contributed by atoms with Crippen LogP contribution in [-0.4, -0.2) is 194 Å². The lowest BCUT2D eigenvalue weighted by molar-refractivity contribution is -0.149. The largest absolute Gasteiger partial charge is 0.420 e. The number of likely N-dealkylation sites (N-methyl/N-ethyl adjacent to an activating group) is 2. The molecule has 11 atom stereocenters. The van der Waals surface area contributed by atoms with Crippen LogP contribution < -0.4 is 26.4 Å². The number of amides is 8. The zero-order chi connectivity index (χ0) is 79.1. The number of methoxy groups -OCH3 is 2. The van der Waals surface area contributed by atoms with Gasteiger partial charge in [-0.1, -0.05) is 111 Å². The van der Waals surface area contributed by atoms with Gasteiger partial charge < -0.3 is 55.5 Å². The lowest BCUT2D eigenvalue weighted by atomic mass is 9.83. The maximum atomic E-state index is 14.7. The highest BCUT2D eigenvalue weighted by molar-refractivity contribution is 5.98. The van der Waals surface area contributed by atoms with Crippen molar-refractivity contribution in [1.82, 2.24) is 35.1 Å². The Hall–Kier alpha value is -8.17. The Balaban J connectivity index is 1.21. The summed E-state index contributed by atoms with van der Waals surface area (Å²) in [6.07, 6.45) is 0.0558. The number of ketones is 3. The standard InChI is InChI=1S/C79H115F4N9O14/c1-17-48(8)72(90(14)77(101)57(45(2)3)42-61(95)71(47(6)7)88(11)12)62(104-15)43-65(98)92-36-22-26-58(92)73(105-16)49(9)59(93)41-55(39-51-23-19-18-20-24-51)76(100)89(13)44-52-27-29-56(30-28-52)86-75(99)54(25-21-35-85-79(84)103)40-60(94)70(46(4)5)87-63(96)31-32-64(97)91-37-33-53(34-38-91)78(102)106-74-68(82)66(80)50(10)67(81)69(74)83/h18-20,23-24,27-30,45-49,53-55,57-58,62,70-73H,17,21-22,25-26,31-44H2,1-16H3,(H,86,99)(H,87,96)(H3,84,85,103)/t48-,49-,54+,55+,57-,58-,62+,70-,71-,72-,73+/m0/s1. The van der Waals surface area contributed by atoms with Gasteiger partial charge in [0.1, 0.15) is 5.78 Å². The summed E-state index contributed by atoms with van der Waals surface area (Å²) >= 11 is 0. The number of nitrogens with one attached hydrogen (secondary N) is 3. The molecule has 8 amide bonds. The van der Waals surface area contributed by atoms with E-state index in [9.17, 15) is 70.3 Å². The van der Waals surface area contributed by atoms with Gasteiger partial charge in [-0.2, -0.15) is 8.78 Å². The van der Waals surface area contributed by atoms with Crippen molar-refractivity contribution in [2.24, 2.45) is 59.0 Å². The fraction of sp³-hybridized carbons (Fsp3) is 0.633. The van der Waals surface area contributed by atoms with Crippen LogP contribution in [0.3, 0.4) is 0 Å². The van der Waals surface area contributed by atoms with Crippen LogP contribution in [0, 0.1) is 83.5 Å². The van der Waals surface area contributed by atoms with E-state index in [1.54, 1.807) is 80.9 Å². The van der Waals surface area contributed by atoms with Crippen LogP contribution >= 0.6 is 0 Å². The lowest BCUT2D eigenvalue weighted by Gasteiger charge is -2.41. The Kier molecular flexibility index (Phi) is 34.9. The van der Waals surface area contributed by atoms with E-state index in [4.69, 9.17) is 19.9 Å². The van der Waals surface area contributed by atoms with Gasteiger partial charge in [0.15, 0.2) is 23.2 Å². The van der Waals surface area contributed by atoms with E-state index in [1.165, 1.54) is 12.0 Å². The highest BCUT2D eigenvalue weighted by Crippen LogP contribution is 2.35. The van der Waals surface area contributed by atoms with Crippen LogP contribution in [0.2, 0.25) is 0 Å². The number of anilines is 1. The quantitative estimate of drug-likeness (QED) is 0.0135. The summed E-state index contributed by atoms with van der Waals surface area (Å²) in [6.45, 7) is 18.6. The molecule has 0 bridgehead atoms. The zero-order valence-corrected chi connectivity index (χ0v) is 64.8. The van der Waals surface area contributed by atoms with Crippen LogP contribution in [0.15, 0.2) is 54.6 Å². The highest BCUT2D eigenvalue weighted by atomic mass is 19.2. The first-order valence-electron chi connectivity index (χ1n) is 37.2. The topological polar surface area (TPSA) is 294 Å². The first kappa shape index (κ1) is 88.5. The maximum absolute atomic E-state index is 14.7. The molecular weight excluding hydrogens is 1370 g/mol. The number of ether oxygens (including phenoxy) is 3. The molecule has 0 radical (unpaired) electrons. The van der Waals surface area contributed by atoms with Crippen molar-refractivity contribution >= 4 is 70.5 Å². The van der Waals surface area contributed by atoms with Crippen LogP contribution in [0.4, 0.5) is 28.0 Å². The first-order valence-corrected chi connectivity index (χ1v) is 37.2. The number of urea groups is 1. The second kappa shape index (κ2) is 41.8. The molecule has 2 saturated heterocycles. The number of piperidine rings is 1. The van der Waals surface area contributed by atoms with E-state index in [1.807, 2.05) is 90.9 Å². The van der Waals surface area contributed by atoms with Gasteiger partial charge in [-0.3, -0.25) is 52.8 Å². The molecule has 3 aromatic rings. The molecular formula is C79H115F4N9O14. The van der Waals surface area contributed by atoms with Crippen molar-refractivity contribution in [3.63, 3.8) is 0 Å². The van der Waals surface area contributed by atoms with E-state index >= 15 is 0 Å². The van der Waals surface area contributed by atoms with E-state index in [-0.39, 0.29) is 150 Å². The second-order valence-electron chi connectivity index (χ2n) is 30.1. The third-order valence-corrected chi connectivity index (χ3v) is 21.1. The maximum Gasteiger partial charge on any atom is 0.314 e. The van der Waals surface area contributed by atoms with Crippen LogP contribution in [0.25, 0.3) is 0 Å². The molecule has 0 saturated carbocycles. The minimum Gasteiger partial charge on any atom is -0.420 e. The monoisotopic (exact) mass is 1490 g/mol. The number of carbonyl (C=O) groups excluding carboxylic acids is 11. The summed E-state index contributed by atoms with van der Waals surface area (Å²) in [5, 5.41) is 8.07. The van der Waals surface area contributed by atoms with Crippen LogP contribution in [-0.2, 0) is 70.4 Å². The fourth-order valence-corrected chi connectivity index (χ4v) is 14.8. The van der Waals surface area contributed by atoms with Crippen molar-refractivity contribution in [3.05, 3.63) is 94.6 Å². The predicted molar refractivity (Wildman–Crippen MR) is 393 cm³/mol. The third-order valence-electron chi connectivity index (χ3n) is 21.1. The molecule has 0 unspecified atom stereocenters. The second-order valence-corrected chi connectivity index (χ2v) is 30.1. The smallest absolute Gasteiger partial charge is 0.314 e. The summed E-state index contributed by atoms with van der Waals surface area (Å²) in [5.74, 6) is -17.4. The van der Waals surface area contributed by atoms with Gasteiger partial charge in [0.25, 0.3) is 0 Å². The fourth-order valence-electron chi connectivity index (χ4n) is 14.8. The van der Waals surface area contributed by atoms with Crippen LogP contribution in [0.5, 0.6) is 5.75 Å². The minimum absolute atomic E-state index is 0.000516. The Morgan fingerprint density at radius 1 is 0.660 bits per heavy atom. The summed E-state index contributed by atoms with van der Waals surface area (Å²) in [4.78, 5) is 160. The molecule has 2 aliphatic heterocycles. The molecule has 0 spiro atoms. The van der Waals surface area contributed by atoms with Gasteiger partial charge in [0.05, 0.1) is 48.7 Å². The van der Waals surface area contributed by atoms with Crippen molar-refractivity contribution in [3.8, 4) is 5.75 Å². The average Bonchev–Trinajstić information content (AvgIpc) is 1.24. The molecule has 27 heteroatoms.